The van der Waals surface area contributed by atoms with Crippen molar-refractivity contribution in [3.63, 3.8) is 0 Å². The zero-order chi connectivity index (χ0) is 29.8. The summed E-state index contributed by atoms with van der Waals surface area (Å²) in [5, 5.41) is 3.16. The summed E-state index contributed by atoms with van der Waals surface area (Å²) in [6, 6.07) is 16.3. The fourth-order valence-electron chi connectivity index (χ4n) is 3.99. The number of benzene rings is 2. The van der Waals surface area contributed by atoms with E-state index in [1.54, 1.807) is 0 Å². The third-order valence-corrected chi connectivity index (χ3v) is 8.11. The Labute approximate surface area is 249 Å². The highest BCUT2D eigenvalue weighted by Gasteiger charge is 2.25. The van der Waals surface area contributed by atoms with Gasteiger partial charge in [0, 0.05) is 17.9 Å². The largest absolute Gasteiger partial charge is 0.378 e. The lowest BCUT2D eigenvalue weighted by Gasteiger charge is -2.27. The average Bonchev–Trinajstić information content (AvgIpc) is 2.89. The molecule has 0 unspecified atom stereocenters. The zero-order valence-corrected chi connectivity index (χ0v) is 26.6. The number of amides is 1. The van der Waals surface area contributed by atoms with Crippen molar-refractivity contribution in [2.45, 2.75) is 58.9 Å². The molecule has 0 aromatic heterocycles. The van der Waals surface area contributed by atoms with Crippen LogP contribution in [0.15, 0.2) is 61.7 Å². The molecule has 1 amide bonds. The van der Waals surface area contributed by atoms with Gasteiger partial charge in [-0.05, 0) is 61.4 Å². The van der Waals surface area contributed by atoms with Crippen LogP contribution in [0, 0.1) is 0 Å². The molecule has 0 spiro atoms. The molecule has 218 valence electrons. The topological polar surface area (TPSA) is 64.6 Å². The van der Waals surface area contributed by atoms with Gasteiger partial charge in [-0.1, -0.05) is 104 Å². The molecule has 0 radical (unpaired) electrons. The van der Waals surface area contributed by atoms with Crippen LogP contribution < -0.4 is 5.32 Å². The summed E-state index contributed by atoms with van der Waals surface area (Å²) in [5.74, 6) is 1.17. The number of nitrogens with one attached hydrogen (secondary N) is 1. The van der Waals surface area contributed by atoms with E-state index in [0.717, 1.165) is 33.4 Å². The Morgan fingerprint density at radius 1 is 0.775 bits per heavy atom. The molecule has 0 aliphatic heterocycles. The van der Waals surface area contributed by atoms with E-state index in [-0.39, 0.29) is 15.8 Å². The van der Waals surface area contributed by atoms with Gasteiger partial charge in [0.15, 0.2) is 5.12 Å². The van der Waals surface area contributed by atoms with Gasteiger partial charge in [-0.25, -0.2) is 0 Å². The van der Waals surface area contributed by atoms with Gasteiger partial charge >= 0.3 is 0 Å². The molecule has 2 aromatic carbocycles. The van der Waals surface area contributed by atoms with Crippen LogP contribution in [0.5, 0.6) is 0 Å². The molecule has 40 heavy (non-hydrogen) atoms. The quantitative estimate of drug-likeness (QED) is 0.202. The molecule has 0 fully saturated rings. The number of ether oxygens (including phenoxy) is 2. The normalized spacial score (nSPS) is 11.8. The van der Waals surface area contributed by atoms with Crippen LogP contribution in [0.3, 0.4) is 0 Å². The highest BCUT2D eigenvalue weighted by Crippen LogP contribution is 2.31. The lowest BCUT2D eigenvalue weighted by atomic mass is 9.81. The van der Waals surface area contributed by atoms with Crippen molar-refractivity contribution in [1.29, 1.82) is 0 Å². The molecule has 2 rings (SSSR count). The Kier molecular flexibility index (Phi) is 13.7. The van der Waals surface area contributed by atoms with Crippen molar-refractivity contribution in [3.05, 3.63) is 83.9 Å². The highest BCUT2D eigenvalue weighted by atomic mass is 32.2. The van der Waals surface area contributed by atoms with Gasteiger partial charge < -0.3 is 14.8 Å². The maximum Gasteiger partial charge on any atom is 0.279 e. The molecule has 0 atom stereocenters. The average molecular weight is 584 g/mol. The van der Waals surface area contributed by atoms with Crippen LogP contribution in [0.4, 0.5) is 4.79 Å². The molecule has 2 aromatic rings. The summed E-state index contributed by atoms with van der Waals surface area (Å²) in [6.07, 6.45) is 0.462. The van der Waals surface area contributed by atoms with Crippen molar-refractivity contribution in [2.75, 3.05) is 37.9 Å². The monoisotopic (exact) mass is 583 g/mol. The molecule has 0 bridgehead atoms. The van der Waals surface area contributed by atoms with E-state index >= 15 is 0 Å². The summed E-state index contributed by atoms with van der Waals surface area (Å²) in [4.78, 5) is 25.0. The lowest BCUT2D eigenvalue weighted by Crippen LogP contribution is -2.39. The second-order valence-electron chi connectivity index (χ2n) is 11.1. The summed E-state index contributed by atoms with van der Waals surface area (Å²) in [7, 11) is 0. The van der Waals surface area contributed by atoms with Crippen LogP contribution >= 0.6 is 23.5 Å². The number of thioether (sulfide) groups is 2. The van der Waals surface area contributed by atoms with Crippen molar-refractivity contribution in [1.82, 2.24) is 5.32 Å². The minimum Gasteiger partial charge on any atom is -0.378 e. The lowest BCUT2D eigenvalue weighted by molar-refractivity contribution is -0.111. The maximum absolute atomic E-state index is 12.5. The van der Waals surface area contributed by atoms with E-state index in [0.29, 0.717) is 44.4 Å². The smallest absolute Gasteiger partial charge is 0.279 e. The first-order chi connectivity index (χ1) is 18.8. The van der Waals surface area contributed by atoms with Crippen molar-refractivity contribution >= 4 is 45.0 Å². The van der Waals surface area contributed by atoms with E-state index in [1.807, 2.05) is 58.0 Å². The molecular formula is C33H45NO4S2. The highest BCUT2D eigenvalue weighted by molar-refractivity contribution is 8.13. The van der Waals surface area contributed by atoms with Gasteiger partial charge in [-0.3, -0.25) is 9.59 Å². The van der Waals surface area contributed by atoms with Gasteiger partial charge in [0.2, 0.25) is 0 Å². The molecule has 0 heterocycles. The van der Waals surface area contributed by atoms with Crippen LogP contribution in [0.2, 0.25) is 0 Å². The second-order valence-corrected chi connectivity index (χ2v) is 13.3. The zero-order valence-electron chi connectivity index (χ0n) is 24.9. The summed E-state index contributed by atoms with van der Waals surface area (Å²) < 4.78 is 11.2. The van der Waals surface area contributed by atoms with Gasteiger partial charge in [0.05, 0.1) is 32.0 Å². The van der Waals surface area contributed by atoms with E-state index in [2.05, 4.69) is 50.5 Å². The molecule has 0 saturated carbocycles. The molecule has 5 nitrogen and oxygen atoms in total. The fraction of sp³-hybridized carbons (Fsp3) is 0.455. The van der Waals surface area contributed by atoms with Crippen LogP contribution in [-0.2, 0) is 25.2 Å². The van der Waals surface area contributed by atoms with E-state index in [9.17, 15) is 9.59 Å². The summed E-state index contributed by atoms with van der Waals surface area (Å²) >= 11 is 2.52. The standard InChI is InChI=1S/C33H45NO4S2/c1-24(2)26-11-9-13-28(21-26)32(5,6)23-30(35)39-19-17-37-15-16-38-18-20-40-31(36)34-33(7,8)29-14-10-12-27(22-29)25(3)4/h9-14,21-22H,1,3,15-20,23H2,2,4-8H3,(H,34,36). The molecular weight excluding hydrogens is 539 g/mol. The molecule has 1 N–H and O–H groups in total. The van der Waals surface area contributed by atoms with Gasteiger partial charge in [0.1, 0.15) is 0 Å². The number of hydrogen-bond acceptors (Lipinski definition) is 6. The second kappa shape index (κ2) is 16.2. The number of carbonyl (C=O) groups is 2. The first-order valence-electron chi connectivity index (χ1n) is 13.6. The van der Waals surface area contributed by atoms with Gasteiger partial charge in [-0.15, -0.1) is 0 Å². The molecule has 7 heteroatoms. The van der Waals surface area contributed by atoms with Crippen LogP contribution in [0.1, 0.15) is 70.2 Å². The summed E-state index contributed by atoms with van der Waals surface area (Å²) in [5.41, 5.74) is 5.62. The van der Waals surface area contributed by atoms with Crippen molar-refractivity contribution in [3.8, 4) is 0 Å². The Morgan fingerprint density at radius 3 is 1.82 bits per heavy atom. The fourth-order valence-corrected chi connectivity index (χ4v) is 5.59. The van der Waals surface area contributed by atoms with Crippen LogP contribution in [-0.4, -0.2) is 48.3 Å². The Morgan fingerprint density at radius 2 is 1.27 bits per heavy atom. The van der Waals surface area contributed by atoms with Crippen molar-refractivity contribution in [2.24, 2.45) is 0 Å². The Bertz CT molecular complexity index is 1080. The number of hydrogen-bond donors (Lipinski definition) is 1. The van der Waals surface area contributed by atoms with Gasteiger partial charge in [0.25, 0.3) is 5.24 Å². The van der Waals surface area contributed by atoms with E-state index < -0.39 is 5.54 Å². The number of allylic oxidation sites excluding steroid dienone is 2. The maximum atomic E-state index is 12.5. The van der Waals surface area contributed by atoms with Crippen LogP contribution in [0.25, 0.3) is 11.1 Å². The predicted octanol–water partition coefficient (Wildman–Crippen LogP) is 8.09. The number of rotatable bonds is 16. The molecule has 0 saturated heterocycles. The third kappa shape index (κ3) is 11.7. The Hall–Kier alpha value is -2.32. The van der Waals surface area contributed by atoms with Gasteiger partial charge in [-0.2, -0.15) is 0 Å². The first-order valence-corrected chi connectivity index (χ1v) is 15.6. The molecule has 0 aliphatic rings. The SMILES string of the molecule is C=C(C)c1cccc(C(C)(C)CC(=O)SCCOCCOCCSC(=O)NC(C)(C)c2cccc(C(=C)C)c2)c1. The minimum absolute atomic E-state index is 0.0843. The molecule has 0 aliphatic carbocycles. The van der Waals surface area contributed by atoms with E-state index in [4.69, 9.17) is 9.47 Å². The first kappa shape index (κ1) is 33.9. The predicted molar refractivity (Wildman–Crippen MR) is 173 cm³/mol. The Balaban J connectivity index is 1.56. The van der Waals surface area contributed by atoms with Crippen molar-refractivity contribution < 1.29 is 19.1 Å². The third-order valence-electron chi connectivity index (χ3n) is 6.54. The minimum atomic E-state index is -0.491. The van der Waals surface area contributed by atoms with E-state index in [1.165, 1.54) is 23.5 Å². The number of carbonyl (C=O) groups excluding carboxylic acids is 2. The summed E-state index contributed by atoms with van der Waals surface area (Å²) in [6.45, 7) is 22.0.